The molecule has 7 nitrogen and oxygen atoms in total. The van der Waals surface area contributed by atoms with Crippen molar-refractivity contribution in [1.82, 2.24) is 14.9 Å². The molecular formula is C29H25F4N3O4S. The molecule has 41 heavy (non-hydrogen) atoms. The zero-order valence-corrected chi connectivity index (χ0v) is 22.9. The lowest BCUT2D eigenvalue weighted by atomic mass is 10.00. The number of ether oxygens (including phenoxy) is 1. The number of carbonyl (C=O) groups excluding carboxylic acids is 1. The van der Waals surface area contributed by atoms with Crippen molar-refractivity contribution in [1.29, 1.82) is 0 Å². The molecule has 3 aromatic carbocycles. The van der Waals surface area contributed by atoms with Crippen LogP contribution in [0.2, 0.25) is 0 Å². The number of amides is 1. The maximum atomic E-state index is 15.1. The monoisotopic (exact) mass is 587 g/mol. The number of nitrogens with one attached hydrogen (secondary N) is 1. The highest BCUT2D eigenvalue weighted by Crippen LogP contribution is 2.33. The van der Waals surface area contributed by atoms with Gasteiger partial charge in [-0.2, -0.15) is 13.2 Å². The molecule has 1 aliphatic heterocycles. The molecule has 214 valence electrons. The molecule has 5 rings (SSSR count). The van der Waals surface area contributed by atoms with Crippen LogP contribution >= 0.6 is 0 Å². The summed E-state index contributed by atoms with van der Waals surface area (Å²) in [6, 6.07) is 14.8. The Bertz CT molecular complexity index is 1730. The van der Waals surface area contributed by atoms with E-state index < -0.39 is 38.3 Å². The minimum absolute atomic E-state index is 0.0380. The quantitative estimate of drug-likeness (QED) is 0.294. The van der Waals surface area contributed by atoms with E-state index >= 15 is 4.39 Å². The summed E-state index contributed by atoms with van der Waals surface area (Å²) in [5, 5.41) is 0. The normalized spacial score (nSPS) is 13.9. The molecule has 0 saturated carbocycles. The van der Waals surface area contributed by atoms with Crippen LogP contribution in [-0.4, -0.2) is 48.6 Å². The van der Waals surface area contributed by atoms with E-state index in [-0.39, 0.29) is 43.1 Å². The zero-order chi connectivity index (χ0) is 29.5. The van der Waals surface area contributed by atoms with Gasteiger partial charge in [0.25, 0.3) is 5.91 Å². The number of hydrogen-bond donors (Lipinski definition) is 1. The Morgan fingerprint density at radius 1 is 1.05 bits per heavy atom. The smallest absolute Gasteiger partial charge is 0.434 e. The first-order chi connectivity index (χ1) is 19.4. The van der Waals surface area contributed by atoms with Crippen LogP contribution in [0.15, 0.2) is 65.7 Å². The molecule has 0 aliphatic carbocycles. The van der Waals surface area contributed by atoms with Crippen LogP contribution in [-0.2, 0) is 29.0 Å². The Hall–Kier alpha value is -4.19. The molecule has 0 bridgehead atoms. The van der Waals surface area contributed by atoms with E-state index in [9.17, 15) is 26.4 Å². The number of rotatable bonds is 5. The van der Waals surface area contributed by atoms with E-state index in [1.807, 2.05) is 12.1 Å². The van der Waals surface area contributed by atoms with Crippen molar-refractivity contribution in [2.24, 2.45) is 0 Å². The van der Waals surface area contributed by atoms with Gasteiger partial charge in [-0.1, -0.05) is 37.3 Å². The van der Waals surface area contributed by atoms with E-state index in [2.05, 4.69) is 9.97 Å². The molecule has 0 atom stereocenters. The fourth-order valence-corrected chi connectivity index (χ4v) is 5.55. The van der Waals surface area contributed by atoms with Crippen LogP contribution in [0.1, 0.15) is 34.1 Å². The first-order valence-electron chi connectivity index (χ1n) is 12.7. The van der Waals surface area contributed by atoms with Gasteiger partial charge in [-0.25, -0.2) is 17.8 Å². The number of imidazole rings is 1. The molecule has 0 unspecified atom stereocenters. The lowest BCUT2D eigenvalue weighted by molar-refractivity contribution is -0.140. The summed E-state index contributed by atoms with van der Waals surface area (Å²) in [5.74, 6) is -0.669. The Balaban J connectivity index is 1.41. The van der Waals surface area contributed by atoms with E-state index in [1.54, 1.807) is 37.3 Å². The maximum Gasteiger partial charge on any atom is 0.434 e. The summed E-state index contributed by atoms with van der Waals surface area (Å²) in [5.41, 5.74) is 1.91. The van der Waals surface area contributed by atoms with Gasteiger partial charge < -0.3 is 14.6 Å². The van der Waals surface area contributed by atoms with E-state index in [4.69, 9.17) is 4.74 Å². The number of carbonyl (C=O) groups is 1. The average Bonchev–Trinajstić information content (AvgIpc) is 3.34. The minimum Gasteiger partial charge on any atom is -0.491 e. The number of H-pyrrole nitrogens is 1. The third-order valence-corrected chi connectivity index (χ3v) is 7.99. The molecule has 1 amide bonds. The Morgan fingerprint density at radius 3 is 2.37 bits per heavy atom. The van der Waals surface area contributed by atoms with Gasteiger partial charge in [0.1, 0.15) is 28.9 Å². The summed E-state index contributed by atoms with van der Waals surface area (Å²) >= 11 is 0. The fourth-order valence-electron chi connectivity index (χ4n) is 4.79. The lowest BCUT2D eigenvalue weighted by Gasteiger charge is -2.22. The van der Waals surface area contributed by atoms with Crippen molar-refractivity contribution >= 4 is 15.7 Å². The van der Waals surface area contributed by atoms with Gasteiger partial charge in [-0.3, -0.25) is 4.79 Å². The summed E-state index contributed by atoms with van der Waals surface area (Å²) in [6.07, 6.45) is -2.67. The highest BCUT2D eigenvalue weighted by molar-refractivity contribution is 7.90. The summed E-state index contributed by atoms with van der Waals surface area (Å²) < 4.78 is 83.6. The summed E-state index contributed by atoms with van der Waals surface area (Å²) in [4.78, 5) is 20.8. The highest BCUT2D eigenvalue weighted by Gasteiger charge is 2.34. The Morgan fingerprint density at radius 2 is 1.73 bits per heavy atom. The van der Waals surface area contributed by atoms with Crippen LogP contribution in [0.4, 0.5) is 17.6 Å². The van der Waals surface area contributed by atoms with Gasteiger partial charge in [0.2, 0.25) is 0 Å². The van der Waals surface area contributed by atoms with Crippen molar-refractivity contribution in [3.8, 4) is 28.3 Å². The standard InChI is InChI=1S/C29H25F4N3O4S/c1-3-21-22(9-11-24(26(21)30)41(2,38)39)28(37)36-12-13-40-23-10-8-19(14-20(23)16-36)17-4-6-18(7-5-17)27-34-15-25(35-27)29(31,32)33/h4-11,14-15H,3,12-13,16H2,1-2H3,(H,34,35). The number of sulfone groups is 1. The molecule has 4 aromatic rings. The molecular weight excluding hydrogens is 562 g/mol. The number of alkyl halides is 3. The van der Waals surface area contributed by atoms with Crippen LogP contribution in [0, 0.1) is 5.82 Å². The first kappa shape index (κ1) is 28.3. The largest absolute Gasteiger partial charge is 0.491 e. The number of benzene rings is 3. The molecule has 12 heteroatoms. The fraction of sp³-hybridized carbons (Fsp3) is 0.241. The summed E-state index contributed by atoms with van der Waals surface area (Å²) in [7, 11) is -3.80. The van der Waals surface area contributed by atoms with Crippen LogP contribution in [0.3, 0.4) is 0 Å². The second-order valence-electron chi connectivity index (χ2n) is 9.64. The minimum atomic E-state index is -4.54. The van der Waals surface area contributed by atoms with Gasteiger partial charge in [0.05, 0.1) is 6.54 Å². The van der Waals surface area contributed by atoms with E-state index in [0.29, 0.717) is 16.9 Å². The first-order valence-corrected chi connectivity index (χ1v) is 14.6. The number of hydrogen-bond acceptors (Lipinski definition) is 5. The molecule has 0 spiro atoms. The molecule has 1 aliphatic rings. The predicted octanol–water partition coefficient (Wildman–Crippen LogP) is 5.90. The van der Waals surface area contributed by atoms with Crippen LogP contribution in [0.5, 0.6) is 5.75 Å². The third kappa shape index (κ3) is 5.69. The number of aromatic amines is 1. The summed E-state index contributed by atoms with van der Waals surface area (Å²) in [6.45, 7) is 2.27. The molecule has 2 heterocycles. The number of fused-ring (bicyclic) bond motifs is 1. The number of aromatic nitrogens is 2. The van der Waals surface area contributed by atoms with Crippen molar-refractivity contribution in [3.05, 3.63) is 89.0 Å². The van der Waals surface area contributed by atoms with Crippen molar-refractivity contribution in [2.75, 3.05) is 19.4 Å². The molecule has 0 fully saturated rings. The van der Waals surface area contributed by atoms with Gasteiger partial charge >= 0.3 is 6.18 Å². The van der Waals surface area contributed by atoms with Crippen molar-refractivity contribution in [3.63, 3.8) is 0 Å². The Labute approximate surface area is 233 Å². The molecule has 1 N–H and O–H groups in total. The van der Waals surface area contributed by atoms with E-state index in [0.717, 1.165) is 29.6 Å². The average molecular weight is 588 g/mol. The van der Waals surface area contributed by atoms with Gasteiger partial charge in [-0.15, -0.1) is 0 Å². The number of halogens is 4. The third-order valence-electron chi connectivity index (χ3n) is 6.88. The van der Waals surface area contributed by atoms with Crippen LogP contribution < -0.4 is 4.74 Å². The number of nitrogens with zero attached hydrogens (tertiary/aromatic N) is 2. The second kappa shape index (κ2) is 10.7. The maximum absolute atomic E-state index is 15.1. The second-order valence-corrected chi connectivity index (χ2v) is 11.6. The SMILES string of the molecule is CCc1c(C(=O)N2CCOc3ccc(-c4ccc(-c5nc(C(F)(F)F)c[nH]5)cc4)cc3C2)ccc(S(C)(=O)=O)c1F. The predicted molar refractivity (Wildman–Crippen MR) is 144 cm³/mol. The van der Waals surface area contributed by atoms with Crippen molar-refractivity contribution < 1.29 is 35.5 Å². The van der Waals surface area contributed by atoms with E-state index in [1.165, 1.54) is 11.0 Å². The highest BCUT2D eigenvalue weighted by atomic mass is 32.2. The zero-order valence-electron chi connectivity index (χ0n) is 22.0. The van der Waals surface area contributed by atoms with Crippen molar-refractivity contribution in [2.45, 2.75) is 31.0 Å². The van der Waals surface area contributed by atoms with Crippen LogP contribution in [0.25, 0.3) is 22.5 Å². The molecule has 0 radical (unpaired) electrons. The van der Waals surface area contributed by atoms with Gasteiger partial charge in [0.15, 0.2) is 15.5 Å². The van der Waals surface area contributed by atoms with Gasteiger partial charge in [0, 0.05) is 41.3 Å². The Kier molecular flexibility index (Phi) is 7.37. The topological polar surface area (TPSA) is 92.4 Å². The van der Waals surface area contributed by atoms with Gasteiger partial charge in [-0.05, 0) is 41.8 Å². The molecule has 0 saturated heterocycles. The lowest BCUT2D eigenvalue weighted by Crippen LogP contribution is -2.33. The molecule has 1 aromatic heterocycles.